The Kier molecular flexibility index (Phi) is 9.43. The molecule has 12 rings (SSSR count). The summed E-state index contributed by atoms with van der Waals surface area (Å²) in [6, 6.07) is 6.22. The lowest BCUT2D eigenvalue weighted by Crippen LogP contribution is -2.12. The number of nitrogens with one attached hydrogen (secondary N) is 6. The van der Waals surface area contributed by atoms with E-state index in [1.165, 1.54) is 36.3 Å². The Hall–Kier alpha value is -5.64. The van der Waals surface area contributed by atoms with E-state index in [1.807, 2.05) is 55.8 Å². The van der Waals surface area contributed by atoms with Gasteiger partial charge in [-0.05, 0) is 55.6 Å². The molecule has 3 aliphatic heterocycles. The highest BCUT2D eigenvalue weighted by Gasteiger charge is 2.32. The zero-order valence-corrected chi connectivity index (χ0v) is 32.8. The number of imidazole rings is 3. The van der Waals surface area contributed by atoms with Gasteiger partial charge in [-0.3, -0.25) is 13.2 Å². The van der Waals surface area contributed by atoms with E-state index in [4.69, 9.17) is 0 Å². The van der Waals surface area contributed by atoms with Crippen LogP contribution >= 0.6 is 0 Å². The molecule has 0 radical (unpaired) electrons. The summed E-state index contributed by atoms with van der Waals surface area (Å²) in [7, 11) is 0. The lowest BCUT2D eigenvalue weighted by Gasteiger charge is -2.16. The molecule has 0 spiro atoms. The third-order valence-corrected chi connectivity index (χ3v) is 12.9. The fourth-order valence-electron chi connectivity index (χ4n) is 9.79. The Morgan fingerprint density at radius 1 is 0.439 bits per heavy atom. The normalized spacial score (nSPS) is 23.6. The minimum Gasteiger partial charge on any atom is -0.345 e. The van der Waals surface area contributed by atoms with E-state index >= 15 is 0 Å². The summed E-state index contributed by atoms with van der Waals surface area (Å²) in [5.74, 6) is 3.72. The van der Waals surface area contributed by atoms with Crippen molar-refractivity contribution in [3.63, 3.8) is 0 Å². The third kappa shape index (κ3) is 6.15. The highest BCUT2D eigenvalue weighted by atomic mass is 15.1. The van der Waals surface area contributed by atoms with Crippen LogP contribution in [0.3, 0.4) is 0 Å². The van der Waals surface area contributed by atoms with Crippen molar-refractivity contribution in [2.24, 2.45) is 17.8 Å². The van der Waals surface area contributed by atoms with Gasteiger partial charge >= 0.3 is 0 Å². The van der Waals surface area contributed by atoms with Crippen LogP contribution in [0.25, 0.3) is 50.4 Å². The van der Waals surface area contributed by atoms with E-state index < -0.39 is 0 Å². The van der Waals surface area contributed by atoms with Crippen LogP contribution in [-0.2, 0) is 0 Å². The zero-order valence-electron chi connectivity index (χ0n) is 32.8. The zero-order chi connectivity index (χ0) is 38.5. The number of aromatic amines is 3. The van der Waals surface area contributed by atoms with E-state index in [1.54, 1.807) is 0 Å². The van der Waals surface area contributed by atoms with E-state index in [0.717, 1.165) is 89.7 Å². The molecule has 0 amide bonds. The van der Waals surface area contributed by atoms with Gasteiger partial charge in [0.15, 0.2) is 33.9 Å². The molecule has 294 valence electrons. The van der Waals surface area contributed by atoms with Gasteiger partial charge in [0.25, 0.3) is 0 Å². The molecule has 15 nitrogen and oxygen atoms in total. The van der Waals surface area contributed by atoms with Gasteiger partial charge in [-0.1, -0.05) is 40.0 Å². The predicted molar refractivity (Wildman–Crippen MR) is 223 cm³/mol. The maximum Gasteiger partial charge on any atom is 0.156 e. The number of fused-ring (bicyclic) bond motifs is 9. The van der Waals surface area contributed by atoms with Crippen molar-refractivity contribution < 1.29 is 0 Å². The van der Waals surface area contributed by atoms with Gasteiger partial charge < -0.3 is 30.9 Å². The van der Waals surface area contributed by atoms with E-state index in [2.05, 4.69) is 113 Å². The van der Waals surface area contributed by atoms with Crippen molar-refractivity contribution in [2.45, 2.75) is 57.8 Å². The summed E-state index contributed by atoms with van der Waals surface area (Å²) in [6.07, 6.45) is 21.0. The summed E-state index contributed by atoms with van der Waals surface area (Å²) >= 11 is 0. The Morgan fingerprint density at radius 3 is 1.05 bits per heavy atom. The van der Waals surface area contributed by atoms with Crippen molar-refractivity contribution in [1.82, 2.24) is 74.0 Å². The Balaban J connectivity index is 0.000000104. The van der Waals surface area contributed by atoms with Crippen LogP contribution < -0.4 is 16.0 Å². The van der Waals surface area contributed by atoms with Gasteiger partial charge in [-0.15, -0.1) is 0 Å². The van der Waals surface area contributed by atoms with Crippen LogP contribution in [0.5, 0.6) is 0 Å². The number of rotatable bonds is 6. The van der Waals surface area contributed by atoms with Gasteiger partial charge in [0.1, 0.15) is 0 Å². The molecule has 15 heteroatoms. The molecule has 3 aliphatic rings. The first kappa shape index (κ1) is 35.8. The number of H-pyrrole nitrogens is 3. The van der Waals surface area contributed by atoms with E-state index in [9.17, 15) is 0 Å². The van der Waals surface area contributed by atoms with Crippen molar-refractivity contribution in [3.05, 3.63) is 91.1 Å². The fraction of sp³-hybridized carbons (Fsp3) is 0.429. The third-order valence-electron chi connectivity index (χ3n) is 12.9. The van der Waals surface area contributed by atoms with Crippen LogP contribution in [0, 0.1) is 17.8 Å². The summed E-state index contributed by atoms with van der Waals surface area (Å²) < 4.78 is 6.75. The molecule has 0 saturated carbocycles. The van der Waals surface area contributed by atoms with Gasteiger partial charge in [0.05, 0.1) is 35.1 Å². The van der Waals surface area contributed by atoms with E-state index in [-0.39, 0.29) is 0 Å². The summed E-state index contributed by atoms with van der Waals surface area (Å²) in [5.41, 5.74) is 12.8. The minimum atomic E-state index is 0.542. The van der Waals surface area contributed by atoms with Crippen molar-refractivity contribution >= 4 is 50.4 Å². The van der Waals surface area contributed by atoms with Crippen LogP contribution in [0.4, 0.5) is 0 Å². The molecule has 12 heterocycles. The summed E-state index contributed by atoms with van der Waals surface area (Å²) in [4.78, 5) is 36.3. The first-order valence-electron chi connectivity index (χ1n) is 20.7. The molecule has 9 aromatic heterocycles. The van der Waals surface area contributed by atoms with Gasteiger partial charge in [-0.2, -0.15) is 0 Å². The lowest BCUT2D eigenvalue weighted by molar-refractivity contribution is 0.493. The molecular weight excluding hydrogens is 715 g/mol. The summed E-state index contributed by atoms with van der Waals surface area (Å²) in [5, 5.41) is 10.5. The van der Waals surface area contributed by atoms with Crippen molar-refractivity contribution in [1.29, 1.82) is 0 Å². The van der Waals surface area contributed by atoms with Crippen LogP contribution in [0.15, 0.2) is 74.0 Å². The quantitative estimate of drug-likeness (QED) is 0.123. The smallest absolute Gasteiger partial charge is 0.156 e. The molecule has 9 aromatic rings. The van der Waals surface area contributed by atoms with Gasteiger partial charge in [-0.25, -0.2) is 29.9 Å². The maximum absolute atomic E-state index is 4.52. The standard InChI is InChI=1S/3C14H17N5/c3*1-2-9-5-15-6-10(9)12-7-17-13-8-18-14-11(19(12)13)3-4-16-14/h3*3-4,7-10,15-16H,2,5-6H2,1H3/t3*9-,10?/m111/s1. The lowest BCUT2D eigenvalue weighted by atomic mass is 9.91. The van der Waals surface area contributed by atoms with Gasteiger partial charge in [0, 0.05) is 91.7 Å². The fourth-order valence-corrected chi connectivity index (χ4v) is 9.79. The molecule has 6 N–H and O–H groups in total. The first-order chi connectivity index (χ1) is 28.1. The molecule has 3 unspecified atom stereocenters. The molecule has 3 fully saturated rings. The Labute approximate surface area is 329 Å². The SMILES string of the molecule is CC[C@@H]1CNCC1c1cnc2cnc3[nH]ccc3n12.CC[C@@H]1CNCC1c1cnc2cnc3[nH]ccc3n12.CC[C@@H]1CNCC1c1cnc2cnc3[nH]ccc3n12. The molecule has 0 bridgehead atoms. The maximum atomic E-state index is 4.52. The second kappa shape index (κ2) is 15.0. The molecule has 6 atom stereocenters. The molecule has 3 saturated heterocycles. The average molecular weight is 766 g/mol. The number of hydrogen-bond donors (Lipinski definition) is 6. The predicted octanol–water partition coefficient (Wildman–Crippen LogP) is 5.77. The Bertz CT molecular complexity index is 2480. The molecule has 0 aliphatic carbocycles. The van der Waals surface area contributed by atoms with Crippen LogP contribution in [0.2, 0.25) is 0 Å². The molecular formula is C42H51N15. The van der Waals surface area contributed by atoms with Crippen LogP contribution in [0.1, 0.15) is 74.9 Å². The van der Waals surface area contributed by atoms with E-state index in [0.29, 0.717) is 35.5 Å². The highest BCUT2D eigenvalue weighted by Crippen LogP contribution is 2.34. The number of aromatic nitrogens is 12. The number of hydrogen-bond acceptors (Lipinski definition) is 9. The average Bonchev–Trinajstić information content (AvgIpc) is 4.09. The second-order valence-electron chi connectivity index (χ2n) is 15.8. The number of nitrogens with zero attached hydrogens (tertiary/aromatic N) is 9. The molecule has 57 heavy (non-hydrogen) atoms. The van der Waals surface area contributed by atoms with Crippen molar-refractivity contribution in [3.8, 4) is 0 Å². The van der Waals surface area contributed by atoms with Crippen LogP contribution in [-0.4, -0.2) is 97.3 Å². The first-order valence-corrected chi connectivity index (χ1v) is 20.7. The monoisotopic (exact) mass is 765 g/mol. The molecule has 0 aromatic carbocycles. The summed E-state index contributed by atoms with van der Waals surface area (Å²) in [6.45, 7) is 13.2. The van der Waals surface area contributed by atoms with Crippen molar-refractivity contribution in [2.75, 3.05) is 39.3 Å². The topological polar surface area (TPSA) is 174 Å². The second-order valence-corrected chi connectivity index (χ2v) is 15.8. The highest BCUT2D eigenvalue weighted by molar-refractivity contribution is 5.76. The van der Waals surface area contributed by atoms with Gasteiger partial charge in [0.2, 0.25) is 0 Å². The largest absolute Gasteiger partial charge is 0.345 e. The Morgan fingerprint density at radius 2 is 0.754 bits per heavy atom. The minimum absolute atomic E-state index is 0.542.